The molecule has 4 rings (SSSR count). The quantitative estimate of drug-likeness (QED) is 0.434. The van der Waals surface area contributed by atoms with Crippen molar-refractivity contribution < 1.29 is 9.18 Å². The van der Waals surface area contributed by atoms with Crippen LogP contribution in [-0.2, 0) is 24.8 Å². The minimum absolute atomic E-state index is 0.241. The topological polar surface area (TPSA) is 64.7 Å². The van der Waals surface area contributed by atoms with Gasteiger partial charge in [0, 0.05) is 55.3 Å². The maximum absolute atomic E-state index is 13.3. The predicted molar refractivity (Wildman–Crippen MR) is 123 cm³/mol. The molecule has 0 atom stereocenters. The van der Waals surface area contributed by atoms with Crippen molar-refractivity contribution in [2.24, 2.45) is 7.05 Å². The van der Waals surface area contributed by atoms with Gasteiger partial charge in [0.25, 0.3) is 0 Å². The second-order valence-electron chi connectivity index (χ2n) is 7.42. The van der Waals surface area contributed by atoms with Gasteiger partial charge in [-0.15, -0.1) is 0 Å². The first-order chi connectivity index (χ1) is 15.5. The summed E-state index contributed by atoms with van der Waals surface area (Å²) in [4.78, 5) is 16.8. The molecule has 7 heteroatoms. The Hall–Kier alpha value is -4.00. The zero-order chi connectivity index (χ0) is 22.5. The molecule has 0 saturated heterocycles. The van der Waals surface area contributed by atoms with Crippen molar-refractivity contribution in [2.45, 2.75) is 19.9 Å². The Bertz CT molecular complexity index is 1240. The summed E-state index contributed by atoms with van der Waals surface area (Å²) in [7, 11) is 1.81. The average molecular weight is 429 g/mol. The van der Waals surface area contributed by atoms with Gasteiger partial charge in [-0.05, 0) is 48.0 Å². The van der Waals surface area contributed by atoms with E-state index >= 15 is 0 Å². The predicted octanol–water partition coefficient (Wildman–Crippen LogP) is 4.69. The van der Waals surface area contributed by atoms with Crippen molar-refractivity contribution >= 4 is 17.7 Å². The number of halogens is 1. The molecule has 0 spiro atoms. The van der Waals surface area contributed by atoms with E-state index in [-0.39, 0.29) is 11.7 Å². The number of rotatable bonds is 7. The highest BCUT2D eigenvalue weighted by Crippen LogP contribution is 2.24. The average Bonchev–Trinajstić information content (AvgIpc) is 3.40. The lowest BCUT2D eigenvalue weighted by atomic mass is 10.1. The first-order valence-corrected chi connectivity index (χ1v) is 10.4. The molecule has 2 aromatic carbocycles. The SMILES string of the molecule is CCc1nccn1Cc1ccc(NC(=O)C=Cc2cnn(C)c2-c2ccc(F)cc2)cc1. The van der Waals surface area contributed by atoms with E-state index in [2.05, 4.69) is 26.9 Å². The molecule has 162 valence electrons. The molecule has 1 N–H and O–H groups in total. The van der Waals surface area contributed by atoms with E-state index < -0.39 is 0 Å². The zero-order valence-corrected chi connectivity index (χ0v) is 18.0. The van der Waals surface area contributed by atoms with E-state index in [1.165, 1.54) is 18.2 Å². The molecule has 2 aromatic heterocycles. The number of hydrogen-bond acceptors (Lipinski definition) is 3. The molecular formula is C25H24FN5O. The Morgan fingerprint density at radius 3 is 2.59 bits per heavy atom. The van der Waals surface area contributed by atoms with Gasteiger partial charge in [-0.1, -0.05) is 19.1 Å². The van der Waals surface area contributed by atoms with Gasteiger partial charge in [0.1, 0.15) is 11.6 Å². The maximum Gasteiger partial charge on any atom is 0.248 e. The van der Waals surface area contributed by atoms with Gasteiger partial charge in [-0.2, -0.15) is 5.10 Å². The standard InChI is InChI=1S/C25H24FN5O/c1-3-23-27-14-15-31(23)17-18-4-11-22(12-5-18)29-24(32)13-8-20-16-28-30(2)25(20)19-6-9-21(26)10-7-19/h4-16H,3,17H2,1-2H3,(H,29,32). The number of carbonyl (C=O) groups excluding carboxylic acids is 1. The summed E-state index contributed by atoms with van der Waals surface area (Å²) in [6, 6.07) is 14.0. The summed E-state index contributed by atoms with van der Waals surface area (Å²) in [6.45, 7) is 2.82. The highest BCUT2D eigenvalue weighted by Gasteiger charge is 2.10. The van der Waals surface area contributed by atoms with Gasteiger partial charge >= 0.3 is 0 Å². The van der Waals surface area contributed by atoms with Crippen molar-refractivity contribution in [3.63, 3.8) is 0 Å². The highest BCUT2D eigenvalue weighted by atomic mass is 19.1. The largest absolute Gasteiger partial charge is 0.331 e. The van der Waals surface area contributed by atoms with Crippen LogP contribution in [0.5, 0.6) is 0 Å². The van der Waals surface area contributed by atoms with Crippen LogP contribution in [-0.4, -0.2) is 25.2 Å². The fraction of sp³-hybridized carbons (Fsp3) is 0.160. The smallest absolute Gasteiger partial charge is 0.248 e. The van der Waals surface area contributed by atoms with E-state index in [1.54, 1.807) is 29.1 Å². The molecule has 0 saturated carbocycles. The Morgan fingerprint density at radius 2 is 1.88 bits per heavy atom. The van der Waals surface area contributed by atoms with E-state index in [0.717, 1.165) is 46.9 Å². The number of nitrogens with zero attached hydrogens (tertiary/aromatic N) is 4. The fourth-order valence-electron chi connectivity index (χ4n) is 3.58. The molecular weight excluding hydrogens is 405 g/mol. The summed E-state index contributed by atoms with van der Waals surface area (Å²) < 4.78 is 17.1. The molecule has 2 heterocycles. The van der Waals surface area contributed by atoms with Gasteiger partial charge in [0.2, 0.25) is 5.91 Å². The number of nitrogens with one attached hydrogen (secondary N) is 1. The van der Waals surface area contributed by atoms with Crippen molar-refractivity contribution in [1.29, 1.82) is 0 Å². The second kappa shape index (κ2) is 9.43. The lowest BCUT2D eigenvalue weighted by molar-refractivity contribution is -0.111. The van der Waals surface area contributed by atoms with Crippen LogP contribution in [0, 0.1) is 5.82 Å². The van der Waals surface area contributed by atoms with Crippen molar-refractivity contribution in [3.8, 4) is 11.3 Å². The lowest BCUT2D eigenvalue weighted by Crippen LogP contribution is -2.08. The fourth-order valence-corrected chi connectivity index (χ4v) is 3.58. The number of benzene rings is 2. The Labute approximate surface area is 186 Å². The van der Waals surface area contributed by atoms with Crippen LogP contribution in [0.4, 0.5) is 10.1 Å². The maximum atomic E-state index is 13.3. The van der Waals surface area contributed by atoms with Gasteiger partial charge in [-0.25, -0.2) is 9.37 Å². The number of imidazole rings is 1. The molecule has 0 fully saturated rings. The lowest BCUT2D eigenvalue weighted by Gasteiger charge is -2.08. The minimum atomic E-state index is -0.297. The molecule has 4 aromatic rings. The molecule has 32 heavy (non-hydrogen) atoms. The summed E-state index contributed by atoms with van der Waals surface area (Å²) >= 11 is 0. The van der Waals surface area contributed by atoms with E-state index in [9.17, 15) is 9.18 Å². The number of aromatic nitrogens is 4. The van der Waals surface area contributed by atoms with Crippen LogP contribution in [0.1, 0.15) is 23.9 Å². The van der Waals surface area contributed by atoms with Crippen molar-refractivity contribution in [3.05, 3.63) is 96.0 Å². The van der Waals surface area contributed by atoms with E-state index in [0.29, 0.717) is 0 Å². The molecule has 0 bridgehead atoms. The summed E-state index contributed by atoms with van der Waals surface area (Å²) in [6.07, 6.45) is 9.52. The molecule has 0 radical (unpaired) electrons. The molecule has 0 aliphatic heterocycles. The molecule has 6 nitrogen and oxygen atoms in total. The number of amides is 1. The van der Waals surface area contributed by atoms with Gasteiger partial charge < -0.3 is 9.88 Å². The summed E-state index contributed by atoms with van der Waals surface area (Å²) in [5.74, 6) is 0.506. The third kappa shape index (κ3) is 4.83. The van der Waals surface area contributed by atoms with Gasteiger partial charge in [0.15, 0.2) is 0 Å². The second-order valence-corrected chi connectivity index (χ2v) is 7.42. The van der Waals surface area contributed by atoms with Crippen LogP contribution < -0.4 is 5.32 Å². The highest BCUT2D eigenvalue weighted by molar-refractivity contribution is 6.02. The summed E-state index contributed by atoms with van der Waals surface area (Å²) in [5, 5.41) is 7.14. The number of anilines is 1. The number of carbonyl (C=O) groups is 1. The Kier molecular flexibility index (Phi) is 6.26. The van der Waals surface area contributed by atoms with Crippen LogP contribution in [0.2, 0.25) is 0 Å². The monoisotopic (exact) mass is 429 g/mol. The molecule has 1 amide bonds. The van der Waals surface area contributed by atoms with Gasteiger partial charge in [0.05, 0.1) is 11.9 Å². The number of aryl methyl sites for hydroxylation is 2. The van der Waals surface area contributed by atoms with Crippen LogP contribution in [0.25, 0.3) is 17.3 Å². The van der Waals surface area contributed by atoms with Crippen molar-refractivity contribution in [1.82, 2.24) is 19.3 Å². The summed E-state index contributed by atoms with van der Waals surface area (Å²) in [5.41, 5.74) is 4.26. The Morgan fingerprint density at radius 1 is 1.12 bits per heavy atom. The molecule has 0 unspecified atom stereocenters. The molecule has 0 aliphatic rings. The zero-order valence-electron chi connectivity index (χ0n) is 18.0. The normalized spacial score (nSPS) is 11.2. The van der Waals surface area contributed by atoms with E-state index in [4.69, 9.17) is 0 Å². The Balaban J connectivity index is 1.41. The third-order valence-corrected chi connectivity index (χ3v) is 5.19. The minimum Gasteiger partial charge on any atom is -0.331 e. The number of hydrogen-bond donors (Lipinski definition) is 1. The van der Waals surface area contributed by atoms with Crippen molar-refractivity contribution in [2.75, 3.05) is 5.32 Å². The first kappa shape index (κ1) is 21.2. The van der Waals surface area contributed by atoms with Crippen LogP contribution >= 0.6 is 0 Å². The first-order valence-electron chi connectivity index (χ1n) is 10.4. The van der Waals surface area contributed by atoms with Crippen LogP contribution in [0.15, 0.2) is 73.2 Å². The third-order valence-electron chi connectivity index (χ3n) is 5.19. The molecule has 0 aliphatic carbocycles. The van der Waals surface area contributed by atoms with Crippen LogP contribution in [0.3, 0.4) is 0 Å². The van der Waals surface area contributed by atoms with E-state index in [1.807, 2.05) is 43.7 Å². The van der Waals surface area contributed by atoms with Gasteiger partial charge in [-0.3, -0.25) is 9.48 Å².